The lowest BCUT2D eigenvalue weighted by Gasteiger charge is -2.57. The third kappa shape index (κ3) is 13.0. The standard InChI is InChI=1S/C69H61NO16/c71-40-61-66(74)68(76,64(72)54-35-57(80-41-47-21-7-1-8-22-47)62(84-45-51-29-15-5-16-30-51)58(36-54)81-42-48-23-9-2-10-24-48)69(77,67(75,86-61)39-53-33-19-20-34-56(53)70(78)79)65(73)55-37-59(82-43-49-25-11-3-12-26-49)63(85-46-52-31-17-6-18-32-52)60(38-55)83-44-50-27-13-4-14-28-50/h1-38,61,66,71,74-77H,39-46H2/t61-,66-,67-,68+,69+/m1/s1. The fraction of sp³-hybridized carbons (Fsp3) is 0.188. The highest BCUT2D eigenvalue weighted by molar-refractivity contribution is 6.14. The van der Waals surface area contributed by atoms with Crippen molar-refractivity contribution in [2.24, 2.45) is 0 Å². The fourth-order valence-electron chi connectivity index (χ4n) is 10.2. The number of nitrogens with zero attached hydrogens (tertiary/aromatic N) is 1. The monoisotopic (exact) mass is 1160 g/mol. The lowest BCUT2D eigenvalue weighted by Crippen LogP contribution is -2.84. The number of nitro groups is 1. The van der Waals surface area contributed by atoms with E-state index in [0.717, 1.165) is 41.5 Å². The number of aliphatic hydroxyl groups is 5. The van der Waals surface area contributed by atoms with E-state index < -0.39 is 75.5 Å². The summed E-state index contributed by atoms with van der Waals surface area (Å²) in [5.74, 6) is -7.58. The molecule has 1 heterocycles. The van der Waals surface area contributed by atoms with E-state index in [-0.39, 0.29) is 79.7 Å². The van der Waals surface area contributed by atoms with E-state index in [1.54, 1.807) is 97.1 Å². The van der Waals surface area contributed by atoms with Gasteiger partial charge in [-0.25, -0.2) is 0 Å². The molecule has 0 radical (unpaired) electrons. The van der Waals surface area contributed by atoms with E-state index in [9.17, 15) is 35.6 Å². The number of hydrogen-bond acceptors (Lipinski definition) is 16. The number of para-hydroxylation sites is 1. The van der Waals surface area contributed by atoms with Gasteiger partial charge in [0.2, 0.25) is 34.5 Å². The average molecular weight is 1160 g/mol. The molecule has 1 aliphatic heterocycles. The summed E-state index contributed by atoms with van der Waals surface area (Å²) in [5, 5.41) is 77.4. The molecule has 5 atom stereocenters. The normalized spacial score (nSPS) is 18.9. The number of carbonyl (C=O) groups is 2. The molecule has 9 aromatic rings. The summed E-state index contributed by atoms with van der Waals surface area (Å²) < 4.78 is 44.8. The van der Waals surface area contributed by atoms with Gasteiger partial charge < -0.3 is 58.7 Å². The molecule has 0 aliphatic carbocycles. The molecule has 10 rings (SSSR count). The fourth-order valence-corrected chi connectivity index (χ4v) is 10.2. The zero-order valence-corrected chi connectivity index (χ0v) is 46.4. The first-order valence-corrected chi connectivity index (χ1v) is 27.6. The first kappa shape index (κ1) is 59.4. The second-order valence-electron chi connectivity index (χ2n) is 20.5. The Bertz CT molecular complexity index is 3620. The molecule has 17 heteroatoms. The minimum atomic E-state index is -4.12. The van der Waals surface area contributed by atoms with Crippen molar-refractivity contribution in [3.63, 3.8) is 0 Å². The molecule has 17 nitrogen and oxygen atoms in total. The molecule has 1 saturated heterocycles. The van der Waals surface area contributed by atoms with Crippen LogP contribution in [0.4, 0.5) is 5.69 Å². The summed E-state index contributed by atoms with van der Waals surface area (Å²) in [6.45, 7) is -1.80. The molecule has 0 aromatic heterocycles. The van der Waals surface area contributed by atoms with E-state index in [4.69, 9.17) is 33.2 Å². The molecule has 5 N–H and O–H groups in total. The van der Waals surface area contributed by atoms with Crippen LogP contribution in [0.25, 0.3) is 0 Å². The topological polar surface area (TPSA) is 243 Å². The van der Waals surface area contributed by atoms with Crippen LogP contribution in [0.1, 0.15) is 59.7 Å². The van der Waals surface area contributed by atoms with Crippen molar-refractivity contribution in [3.8, 4) is 34.5 Å². The summed E-state index contributed by atoms with van der Waals surface area (Å²) >= 11 is 0. The maximum absolute atomic E-state index is 16.4. The van der Waals surface area contributed by atoms with Crippen LogP contribution >= 0.6 is 0 Å². The summed E-state index contributed by atoms with van der Waals surface area (Å²) in [6.07, 6.45) is -6.15. The summed E-state index contributed by atoms with van der Waals surface area (Å²) in [7, 11) is 0. The first-order chi connectivity index (χ1) is 41.8. The Morgan fingerprint density at radius 1 is 0.453 bits per heavy atom. The van der Waals surface area contributed by atoms with Gasteiger partial charge in [-0.05, 0) is 57.6 Å². The van der Waals surface area contributed by atoms with Gasteiger partial charge in [-0.2, -0.15) is 0 Å². The van der Waals surface area contributed by atoms with Crippen molar-refractivity contribution >= 4 is 17.3 Å². The van der Waals surface area contributed by atoms with Gasteiger partial charge in [0, 0.05) is 29.2 Å². The van der Waals surface area contributed by atoms with Crippen LogP contribution in [0.5, 0.6) is 34.5 Å². The smallest absolute Gasteiger partial charge is 0.272 e. The number of Topliss-reactive ketones (excluding diaryl/α,β-unsaturated/α-hetero) is 2. The van der Waals surface area contributed by atoms with Crippen molar-refractivity contribution in [2.45, 2.75) is 75.3 Å². The summed E-state index contributed by atoms with van der Waals surface area (Å²) in [5.41, 5.74) is -6.07. The van der Waals surface area contributed by atoms with Crippen LogP contribution in [0, 0.1) is 10.1 Å². The molecule has 86 heavy (non-hydrogen) atoms. The summed E-state index contributed by atoms with van der Waals surface area (Å²) in [6, 6.07) is 63.9. The van der Waals surface area contributed by atoms with Gasteiger partial charge in [-0.15, -0.1) is 0 Å². The molecule has 0 bridgehead atoms. The molecule has 438 valence electrons. The Labute approximate surface area is 495 Å². The van der Waals surface area contributed by atoms with Crippen LogP contribution in [0.2, 0.25) is 0 Å². The average Bonchev–Trinajstić information content (AvgIpc) is 0.780. The maximum atomic E-state index is 16.4. The van der Waals surface area contributed by atoms with Gasteiger partial charge in [0.15, 0.2) is 28.6 Å². The van der Waals surface area contributed by atoms with Crippen LogP contribution in [-0.4, -0.2) is 77.8 Å². The van der Waals surface area contributed by atoms with Crippen molar-refractivity contribution in [2.75, 3.05) is 6.61 Å². The Balaban J connectivity index is 1.18. The second kappa shape index (κ2) is 26.9. The number of nitro benzene ring substituents is 1. The quantitative estimate of drug-likeness (QED) is 0.0192. The molecular formula is C69H61NO16. The van der Waals surface area contributed by atoms with Gasteiger partial charge in [-0.3, -0.25) is 19.7 Å². The minimum absolute atomic E-state index is 0.00937. The van der Waals surface area contributed by atoms with Gasteiger partial charge >= 0.3 is 0 Å². The lowest BCUT2D eigenvalue weighted by atomic mass is 9.62. The number of rotatable bonds is 26. The second-order valence-corrected chi connectivity index (χ2v) is 20.5. The van der Waals surface area contributed by atoms with Crippen molar-refractivity contribution < 1.29 is 73.2 Å². The molecule has 9 aromatic carbocycles. The summed E-state index contributed by atoms with van der Waals surface area (Å²) in [4.78, 5) is 44.5. The van der Waals surface area contributed by atoms with Crippen LogP contribution < -0.4 is 28.4 Å². The highest BCUT2D eigenvalue weighted by Crippen LogP contribution is 2.52. The molecule has 1 fully saturated rings. The van der Waals surface area contributed by atoms with E-state index in [2.05, 4.69) is 0 Å². The predicted octanol–water partition coefficient (Wildman–Crippen LogP) is 10.3. The van der Waals surface area contributed by atoms with Crippen LogP contribution in [0.15, 0.2) is 231 Å². The van der Waals surface area contributed by atoms with Gasteiger partial charge in [-0.1, -0.05) is 200 Å². The van der Waals surface area contributed by atoms with E-state index >= 15 is 9.59 Å². The van der Waals surface area contributed by atoms with Crippen LogP contribution in [-0.2, 0) is 50.8 Å². The van der Waals surface area contributed by atoms with Crippen LogP contribution in [0.3, 0.4) is 0 Å². The van der Waals surface area contributed by atoms with Gasteiger partial charge in [0.1, 0.15) is 51.8 Å². The largest absolute Gasteiger partial charge is 0.485 e. The number of hydrogen-bond donors (Lipinski definition) is 5. The third-order valence-electron chi connectivity index (χ3n) is 14.7. The number of benzene rings is 9. The van der Waals surface area contributed by atoms with Crippen molar-refractivity contribution in [1.29, 1.82) is 0 Å². The predicted molar refractivity (Wildman–Crippen MR) is 316 cm³/mol. The Hall–Kier alpha value is -9.72. The minimum Gasteiger partial charge on any atom is -0.485 e. The highest BCUT2D eigenvalue weighted by Gasteiger charge is 2.77. The Kier molecular flexibility index (Phi) is 18.6. The van der Waals surface area contributed by atoms with E-state index in [1.165, 1.54) is 18.2 Å². The third-order valence-corrected chi connectivity index (χ3v) is 14.7. The Morgan fingerprint density at radius 3 is 1.08 bits per heavy atom. The molecule has 0 saturated carbocycles. The van der Waals surface area contributed by atoms with Crippen molar-refractivity contribution in [3.05, 3.63) is 291 Å². The van der Waals surface area contributed by atoms with E-state index in [0.29, 0.717) is 22.3 Å². The number of ketones is 2. The lowest BCUT2D eigenvalue weighted by molar-refractivity contribution is -0.393. The van der Waals surface area contributed by atoms with E-state index in [1.807, 2.05) is 84.9 Å². The van der Waals surface area contributed by atoms with Gasteiger partial charge in [0.05, 0.1) is 11.5 Å². The first-order valence-electron chi connectivity index (χ1n) is 27.6. The molecule has 1 aliphatic rings. The SMILES string of the molecule is O=C(c1cc(OCc2ccccc2)c(OCc2ccccc2)c(OCc2ccccc2)c1)[C@]1(O)[C@@](O)(Cc2ccccc2[N+](=O)[O-])O[C@H](CO)[C@@H](O)[C@@]1(O)C(=O)c1cc(OCc2ccccc2)c(OCc2ccccc2)c(OCc2ccccc2)c1. The molecule has 0 unspecified atom stereocenters. The number of carbonyl (C=O) groups excluding carboxylic acids is 2. The molecule has 0 spiro atoms. The zero-order valence-electron chi connectivity index (χ0n) is 46.4. The number of ether oxygens (including phenoxy) is 7. The molecule has 0 amide bonds. The van der Waals surface area contributed by atoms with Gasteiger partial charge in [0.25, 0.3) is 5.69 Å². The van der Waals surface area contributed by atoms with Crippen molar-refractivity contribution in [1.82, 2.24) is 0 Å². The Morgan fingerprint density at radius 2 is 0.756 bits per heavy atom. The number of aliphatic hydroxyl groups excluding tert-OH is 2. The maximum Gasteiger partial charge on any atom is 0.272 e. The molecular weight excluding hydrogens is 1100 g/mol. The zero-order chi connectivity index (χ0) is 60.1. The highest BCUT2D eigenvalue weighted by atomic mass is 16.7.